The van der Waals surface area contributed by atoms with Crippen molar-refractivity contribution < 1.29 is 8.78 Å². The van der Waals surface area contributed by atoms with Gasteiger partial charge in [0.05, 0.1) is 20.8 Å². The van der Waals surface area contributed by atoms with Crippen LogP contribution in [0.5, 0.6) is 0 Å². The van der Waals surface area contributed by atoms with Crippen molar-refractivity contribution in [3.05, 3.63) is 111 Å². The summed E-state index contributed by atoms with van der Waals surface area (Å²) in [6.45, 7) is 4.09. The summed E-state index contributed by atoms with van der Waals surface area (Å²) in [5.74, 6) is 0.582. The predicted molar refractivity (Wildman–Crippen MR) is 133 cm³/mol. The molecule has 33 heavy (non-hydrogen) atoms. The van der Waals surface area contributed by atoms with Crippen LogP contribution in [0.25, 0.3) is 5.69 Å². The third kappa shape index (κ3) is 5.22. The van der Waals surface area contributed by atoms with Crippen LogP contribution in [0.1, 0.15) is 30.9 Å². The monoisotopic (exact) mass is 522 g/mol. The average Bonchev–Trinajstić information content (AvgIpc) is 3.20. The SMILES string of the molecule is CC(C)(c1ccc(Cl)c(Cl)c1)c1nc(CSc2ccc(F)cc2Cl)cn1-c1ccc(F)cc1. The second-order valence-electron chi connectivity index (χ2n) is 8.02. The summed E-state index contributed by atoms with van der Waals surface area (Å²) in [5.41, 5.74) is 1.97. The molecule has 170 valence electrons. The highest BCUT2D eigenvalue weighted by atomic mass is 35.5. The van der Waals surface area contributed by atoms with E-state index in [-0.39, 0.29) is 11.6 Å². The topological polar surface area (TPSA) is 17.8 Å². The standard InChI is InChI=1S/C25H19Cl3F2N2S/c1-25(2,15-3-9-20(26)21(27)11-15)24-31-18(13-32(24)19-7-4-16(29)5-8-19)14-33-23-10-6-17(30)12-22(23)28/h3-13H,14H2,1-2H3. The van der Waals surface area contributed by atoms with Crippen LogP contribution >= 0.6 is 46.6 Å². The lowest BCUT2D eigenvalue weighted by atomic mass is 9.83. The number of rotatable bonds is 6. The lowest BCUT2D eigenvalue weighted by Crippen LogP contribution is -2.24. The molecule has 0 N–H and O–H groups in total. The molecular weight excluding hydrogens is 505 g/mol. The van der Waals surface area contributed by atoms with Crippen molar-refractivity contribution in [1.82, 2.24) is 9.55 Å². The lowest BCUT2D eigenvalue weighted by Gasteiger charge is -2.26. The van der Waals surface area contributed by atoms with Crippen LogP contribution in [0.2, 0.25) is 15.1 Å². The Bertz CT molecular complexity index is 1300. The number of hydrogen-bond donors (Lipinski definition) is 0. The minimum atomic E-state index is -0.543. The minimum Gasteiger partial charge on any atom is -0.303 e. The van der Waals surface area contributed by atoms with Gasteiger partial charge < -0.3 is 4.57 Å². The molecule has 1 heterocycles. The van der Waals surface area contributed by atoms with Gasteiger partial charge in [0, 0.05) is 27.9 Å². The van der Waals surface area contributed by atoms with Crippen molar-refractivity contribution in [3.8, 4) is 5.69 Å². The lowest BCUT2D eigenvalue weighted by molar-refractivity contribution is 0.578. The fourth-order valence-corrected chi connectivity index (χ4v) is 4.93. The van der Waals surface area contributed by atoms with E-state index in [2.05, 4.69) is 0 Å². The molecule has 0 radical (unpaired) electrons. The van der Waals surface area contributed by atoms with Crippen molar-refractivity contribution in [1.29, 1.82) is 0 Å². The van der Waals surface area contributed by atoms with E-state index in [0.29, 0.717) is 20.8 Å². The third-order valence-electron chi connectivity index (χ3n) is 5.33. The first-order valence-electron chi connectivity index (χ1n) is 10.0. The van der Waals surface area contributed by atoms with E-state index in [4.69, 9.17) is 39.8 Å². The maximum Gasteiger partial charge on any atom is 0.124 e. The first-order chi connectivity index (χ1) is 15.6. The minimum absolute atomic E-state index is 0.314. The molecule has 0 fully saturated rings. The molecular formula is C25H19Cl3F2N2S. The highest BCUT2D eigenvalue weighted by Gasteiger charge is 2.30. The van der Waals surface area contributed by atoms with E-state index in [1.165, 1.54) is 36.0 Å². The summed E-state index contributed by atoms with van der Waals surface area (Å²) in [4.78, 5) is 5.69. The Morgan fingerprint density at radius 2 is 1.55 bits per heavy atom. The average molecular weight is 524 g/mol. The summed E-state index contributed by atoms with van der Waals surface area (Å²) in [5, 5.41) is 1.30. The first kappa shape index (κ1) is 24.1. The zero-order valence-corrected chi connectivity index (χ0v) is 20.8. The van der Waals surface area contributed by atoms with Gasteiger partial charge in [-0.1, -0.05) is 40.9 Å². The van der Waals surface area contributed by atoms with Crippen molar-refractivity contribution in [2.75, 3.05) is 0 Å². The summed E-state index contributed by atoms with van der Waals surface area (Å²) in [7, 11) is 0. The van der Waals surface area contributed by atoms with E-state index in [1.54, 1.807) is 24.3 Å². The Labute approximate surface area is 210 Å². The van der Waals surface area contributed by atoms with E-state index in [1.807, 2.05) is 36.7 Å². The van der Waals surface area contributed by atoms with Crippen molar-refractivity contribution in [2.45, 2.75) is 29.9 Å². The van der Waals surface area contributed by atoms with Crippen molar-refractivity contribution >= 4 is 46.6 Å². The molecule has 0 aliphatic heterocycles. The van der Waals surface area contributed by atoms with Gasteiger partial charge in [-0.05, 0) is 74.0 Å². The zero-order valence-electron chi connectivity index (χ0n) is 17.8. The molecule has 0 amide bonds. The molecule has 0 bridgehead atoms. The number of halogens is 5. The number of hydrogen-bond acceptors (Lipinski definition) is 2. The fourth-order valence-electron chi connectivity index (χ4n) is 3.50. The van der Waals surface area contributed by atoms with E-state index in [9.17, 15) is 8.78 Å². The Kier molecular flexibility index (Phi) is 7.06. The van der Waals surface area contributed by atoms with Gasteiger partial charge in [-0.25, -0.2) is 13.8 Å². The van der Waals surface area contributed by atoms with Crippen LogP contribution in [0, 0.1) is 11.6 Å². The molecule has 0 unspecified atom stereocenters. The molecule has 2 nitrogen and oxygen atoms in total. The maximum absolute atomic E-state index is 13.6. The summed E-state index contributed by atoms with van der Waals surface area (Å²) < 4.78 is 28.9. The zero-order chi connectivity index (χ0) is 23.8. The van der Waals surface area contributed by atoms with Gasteiger partial charge >= 0.3 is 0 Å². The summed E-state index contributed by atoms with van der Waals surface area (Å²) in [6.07, 6.45) is 1.92. The molecule has 0 atom stereocenters. The van der Waals surface area contributed by atoms with Gasteiger partial charge in [0.2, 0.25) is 0 Å². The summed E-state index contributed by atoms with van der Waals surface area (Å²) in [6, 6.07) is 16.1. The molecule has 0 saturated heterocycles. The van der Waals surface area contributed by atoms with Crippen LogP contribution < -0.4 is 0 Å². The van der Waals surface area contributed by atoms with Crippen LogP contribution in [0.15, 0.2) is 71.8 Å². The predicted octanol–water partition coefficient (Wildman–Crippen LogP) is 8.73. The van der Waals surface area contributed by atoms with Gasteiger partial charge in [-0.15, -0.1) is 11.8 Å². The number of benzene rings is 3. The maximum atomic E-state index is 13.6. The van der Waals surface area contributed by atoms with Gasteiger partial charge in [0.25, 0.3) is 0 Å². The number of nitrogens with zero attached hydrogens (tertiary/aromatic N) is 2. The largest absolute Gasteiger partial charge is 0.303 e. The van der Waals surface area contributed by atoms with Crippen molar-refractivity contribution in [3.63, 3.8) is 0 Å². The van der Waals surface area contributed by atoms with E-state index in [0.717, 1.165) is 27.7 Å². The van der Waals surface area contributed by atoms with E-state index >= 15 is 0 Å². The second-order valence-corrected chi connectivity index (χ2v) is 10.3. The van der Waals surface area contributed by atoms with Gasteiger partial charge in [0.15, 0.2) is 0 Å². The molecule has 1 aromatic heterocycles. The highest BCUT2D eigenvalue weighted by molar-refractivity contribution is 7.98. The summed E-state index contributed by atoms with van der Waals surface area (Å²) >= 11 is 20.1. The molecule has 0 aliphatic carbocycles. The molecule has 0 saturated carbocycles. The Hall–Kier alpha value is -2.05. The number of thioether (sulfide) groups is 1. The molecule has 0 aliphatic rings. The Morgan fingerprint density at radius 1 is 0.848 bits per heavy atom. The smallest absolute Gasteiger partial charge is 0.124 e. The van der Waals surface area contributed by atoms with Crippen LogP contribution in [0.3, 0.4) is 0 Å². The number of imidazole rings is 1. The first-order valence-corrected chi connectivity index (χ1v) is 12.1. The molecule has 0 spiro atoms. The molecule has 4 rings (SSSR count). The molecule has 4 aromatic rings. The Balaban J connectivity index is 1.74. The number of aromatic nitrogens is 2. The highest BCUT2D eigenvalue weighted by Crippen LogP contribution is 2.37. The fraction of sp³-hybridized carbons (Fsp3) is 0.160. The molecule has 8 heteroatoms. The van der Waals surface area contributed by atoms with Crippen LogP contribution in [-0.4, -0.2) is 9.55 Å². The quantitative estimate of drug-likeness (QED) is 0.235. The van der Waals surface area contributed by atoms with E-state index < -0.39 is 5.41 Å². The Morgan fingerprint density at radius 3 is 2.21 bits per heavy atom. The second kappa shape index (κ2) is 9.67. The van der Waals surface area contributed by atoms with Gasteiger partial charge in [-0.2, -0.15) is 0 Å². The molecule has 3 aromatic carbocycles. The normalized spacial score (nSPS) is 11.7. The van der Waals surface area contributed by atoms with Crippen LogP contribution in [0.4, 0.5) is 8.78 Å². The van der Waals surface area contributed by atoms with Gasteiger partial charge in [-0.3, -0.25) is 0 Å². The third-order valence-corrected chi connectivity index (χ3v) is 7.60. The van der Waals surface area contributed by atoms with Crippen molar-refractivity contribution in [2.24, 2.45) is 0 Å². The van der Waals surface area contributed by atoms with Gasteiger partial charge in [0.1, 0.15) is 17.5 Å². The van der Waals surface area contributed by atoms with Crippen LogP contribution in [-0.2, 0) is 11.2 Å².